The number of carbonyl (C=O) groups is 1. The number of benzene rings is 1. The fraction of sp³-hybridized carbons (Fsp3) is 0.308. The van der Waals surface area contributed by atoms with Crippen LogP contribution in [0.4, 0.5) is 5.13 Å². The van der Waals surface area contributed by atoms with Gasteiger partial charge in [-0.3, -0.25) is 9.78 Å². The molecule has 7 nitrogen and oxygen atoms in total. The van der Waals surface area contributed by atoms with E-state index in [1.807, 2.05) is 35.1 Å². The second-order valence-electron chi connectivity index (χ2n) is 8.41. The Morgan fingerprint density at radius 3 is 2.85 bits per heavy atom. The van der Waals surface area contributed by atoms with Crippen LogP contribution in [0.15, 0.2) is 42.6 Å². The number of carbonyl (C=O) groups excluding carboxylic acids is 1. The molecule has 4 aromatic rings. The van der Waals surface area contributed by atoms with Gasteiger partial charge in [-0.05, 0) is 49.9 Å². The molecule has 0 atom stereocenters. The van der Waals surface area contributed by atoms with Crippen LogP contribution < -0.4 is 10.1 Å². The molecule has 1 N–H and O–H groups in total. The first-order valence-corrected chi connectivity index (χ1v) is 12.4. The Balaban J connectivity index is 1.71. The maximum atomic E-state index is 11.7. The number of ether oxygens (including phenoxy) is 1. The zero-order valence-electron chi connectivity index (χ0n) is 19.6. The summed E-state index contributed by atoms with van der Waals surface area (Å²) in [4.78, 5) is 22.2. The summed E-state index contributed by atoms with van der Waals surface area (Å²) in [5.41, 5.74) is 7.17. The van der Waals surface area contributed by atoms with Crippen LogP contribution in [0.3, 0.4) is 0 Å². The van der Waals surface area contributed by atoms with Crippen LogP contribution in [0.2, 0.25) is 0 Å². The highest BCUT2D eigenvalue weighted by Crippen LogP contribution is 2.43. The average Bonchev–Trinajstić information content (AvgIpc) is 3.36. The second-order valence-corrected chi connectivity index (χ2v) is 9.41. The lowest BCUT2D eigenvalue weighted by Gasteiger charge is -2.09. The minimum Gasteiger partial charge on any atom is -0.497 e. The first-order valence-electron chi connectivity index (χ1n) is 11.6. The number of thiazole rings is 1. The van der Waals surface area contributed by atoms with E-state index >= 15 is 0 Å². The first kappa shape index (κ1) is 22.3. The largest absolute Gasteiger partial charge is 0.497 e. The Hall–Kier alpha value is -3.52. The number of hydrogen-bond donors (Lipinski definition) is 1. The van der Waals surface area contributed by atoms with E-state index in [0.29, 0.717) is 5.13 Å². The van der Waals surface area contributed by atoms with Gasteiger partial charge in [-0.1, -0.05) is 30.7 Å². The van der Waals surface area contributed by atoms with Gasteiger partial charge < -0.3 is 10.1 Å². The molecule has 1 aliphatic carbocycles. The lowest BCUT2D eigenvalue weighted by Crippen LogP contribution is -2.05. The van der Waals surface area contributed by atoms with Crippen molar-refractivity contribution in [1.82, 2.24) is 19.7 Å². The zero-order chi connectivity index (χ0) is 23.7. The lowest BCUT2D eigenvalue weighted by molar-refractivity contribution is -0.114. The molecule has 0 radical (unpaired) electrons. The number of rotatable bonds is 6. The van der Waals surface area contributed by atoms with Crippen molar-refractivity contribution in [2.75, 3.05) is 12.4 Å². The Morgan fingerprint density at radius 2 is 2.12 bits per heavy atom. The van der Waals surface area contributed by atoms with Crippen molar-refractivity contribution >= 4 is 22.4 Å². The monoisotopic (exact) mass is 473 g/mol. The van der Waals surface area contributed by atoms with E-state index < -0.39 is 0 Å². The van der Waals surface area contributed by atoms with E-state index in [9.17, 15) is 4.79 Å². The van der Waals surface area contributed by atoms with Gasteiger partial charge in [0.05, 0.1) is 34.8 Å². The van der Waals surface area contributed by atoms with Crippen LogP contribution in [-0.4, -0.2) is 32.8 Å². The number of aryl methyl sites for hydroxylation is 2. The number of aromatic nitrogens is 4. The average molecular weight is 474 g/mol. The number of fused-ring (bicyclic) bond motifs is 3. The molecule has 8 heteroatoms. The number of methoxy groups -OCH3 is 1. The van der Waals surface area contributed by atoms with Gasteiger partial charge in [0.15, 0.2) is 5.13 Å². The van der Waals surface area contributed by atoms with Gasteiger partial charge >= 0.3 is 0 Å². The summed E-state index contributed by atoms with van der Waals surface area (Å²) < 4.78 is 7.47. The van der Waals surface area contributed by atoms with Crippen LogP contribution in [0, 0.1) is 0 Å². The summed E-state index contributed by atoms with van der Waals surface area (Å²) in [6, 6.07) is 12.1. The van der Waals surface area contributed by atoms with E-state index in [-0.39, 0.29) is 5.91 Å². The smallest absolute Gasteiger partial charge is 0.223 e. The molecule has 1 amide bonds. The molecule has 0 spiro atoms. The highest BCUT2D eigenvalue weighted by Gasteiger charge is 2.28. The van der Waals surface area contributed by atoms with Gasteiger partial charge in [0.2, 0.25) is 5.91 Å². The summed E-state index contributed by atoms with van der Waals surface area (Å²) in [5, 5.41) is 8.58. The molecule has 1 aromatic carbocycles. The summed E-state index contributed by atoms with van der Waals surface area (Å²) in [6.07, 6.45) is 6.67. The summed E-state index contributed by atoms with van der Waals surface area (Å²) in [6.45, 7) is 3.67. The van der Waals surface area contributed by atoms with Crippen molar-refractivity contribution in [1.29, 1.82) is 0 Å². The topological polar surface area (TPSA) is 81.9 Å². The zero-order valence-corrected chi connectivity index (χ0v) is 20.4. The molecular weight excluding hydrogens is 446 g/mol. The molecule has 3 aromatic heterocycles. The standard InChI is InChI=1S/C26H27N5O2S/c1-4-7-18-13-12-17(15-27-18)23-21-10-6-11-22-25(34-26(29-22)28-16(2)32)24(21)31(30-23)19-8-5-9-20(14-19)33-3/h5,8-9,12-15H,4,6-7,10-11H2,1-3H3,(H,28,29,32). The van der Waals surface area contributed by atoms with E-state index in [4.69, 9.17) is 14.8 Å². The number of anilines is 1. The van der Waals surface area contributed by atoms with E-state index in [2.05, 4.69) is 29.4 Å². The molecule has 174 valence electrons. The maximum absolute atomic E-state index is 11.7. The number of amides is 1. The molecule has 0 saturated carbocycles. The molecule has 3 heterocycles. The Kier molecular flexibility index (Phi) is 6.15. The Morgan fingerprint density at radius 1 is 1.24 bits per heavy atom. The van der Waals surface area contributed by atoms with Gasteiger partial charge in [-0.15, -0.1) is 0 Å². The van der Waals surface area contributed by atoms with Crippen molar-refractivity contribution in [2.24, 2.45) is 0 Å². The van der Waals surface area contributed by atoms with Crippen LogP contribution in [-0.2, 0) is 24.1 Å². The molecule has 5 rings (SSSR count). The van der Waals surface area contributed by atoms with Crippen LogP contribution >= 0.6 is 11.3 Å². The number of pyridine rings is 1. The Labute approximate surface area is 202 Å². The molecule has 0 saturated heterocycles. The van der Waals surface area contributed by atoms with Gasteiger partial charge in [-0.2, -0.15) is 5.10 Å². The fourth-order valence-corrected chi connectivity index (χ4v) is 5.51. The normalized spacial score (nSPS) is 12.6. The molecule has 0 unspecified atom stereocenters. The van der Waals surface area contributed by atoms with E-state index in [0.717, 1.165) is 76.8 Å². The third-order valence-electron chi connectivity index (χ3n) is 5.92. The SMILES string of the molecule is CCCc1ccc(-c2nn(-c3cccc(OC)c3)c3c2CCCc2nc(NC(C)=O)sc2-3)cn1. The fourth-order valence-electron chi connectivity index (χ4n) is 4.39. The third-order valence-corrected chi connectivity index (χ3v) is 6.94. The first-order chi connectivity index (χ1) is 16.6. The third kappa shape index (κ3) is 4.21. The van der Waals surface area contributed by atoms with Crippen LogP contribution in [0.25, 0.3) is 27.5 Å². The lowest BCUT2D eigenvalue weighted by atomic mass is 10.0. The van der Waals surface area contributed by atoms with Crippen LogP contribution in [0.1, 0.15) is 43.6 Å². The summed E-state index contributed by atoms with van der Waals surface area (Å²) >= 11 is 1.51. The van der Waals surface area contributed by atoms with Gasteiger partial charge in [0, 0.05) is 36.0 Å². The maximum Gasteiger partial charge on any atom is 0.223 e. The number of nitrogens with zero attached hydrogens (tertiary/aromatic N) is 4. The van der Waals surface area contributed by atoms with Crippen molar-refractivity contribution < 1.29 is 9.53 Å². The van der Waals surface area contributed by atoms with Crippen molar-refractivity contribution in [2.45, 2.75) is 46.0 Å². The highest BCUT2D eigenvalue weighted by molar-refractivity contribution is 7.19. The van der Waals surface area contributed by atoms with E-state index in [1.165, 1.54) is 23.8 Å². The van der Waals surface area contributed by atoms with Gasteiger partial charge in [-0.25, -0.2) is 9.67 Å². The molecule has 34 heavy (non-hydrogen) atoms. The van der Waals surface area contributed by atoms with Crippen LogP contribution in [0.5, 0.6) is 5.75 Å². The van der Waals surface area contributed by atoms with Crippen molar-refractivity contribution in [3.05, 3.63) is 59.5 Å². The van der Waals surface area contributed by atoms with Crippen molar-refractivity contribution in [3.8, 4) is 33.3 Å². The highest BCUT2D eigenvalue weighted by atomic mass is 32.1. The molecular formula is C26H27N5O2S. The number of hydrogen-bond acceptors (Lipinski definition) is 6. The quantitative estimate of drug-likeness (QED) is 0.402. The molecule has 0 fully saturated rings. The predicted molar refractivity (Wildman–Crippen MR) is 135 cm³/mol. The second kappa shape index (κ2) is 9.38. The summed E-state index contributed by atoms with van der Waals surface area (Å²) in [7, 11) is 1.67. The molecule has 0 aliphatic heterocycles. The van der Waals surface area contributed by atoms with Gasteiger partial charge in [0.1, 0.15) is 5.75 Å². The minimum absolute atomic E-state index is 0.121. The van der Waals surface area contributed by atoms with Crippen molar-refractivity contribution in [3.63, 3.8) is 0 Å². The minimum atomic E-state index is -0.121. The molecule has 0 bridgehead atoms. The number of nitrogens with one attached hydrogen (secondary N) is 1. The Bertz CT molecular complexity index is 1340. The summed E-state index contributed by atoms with van der Waals surface area (Å²) in [5.74, 6) is 0.648. The van der Waals surface area contributed by atoms with E-state index in [1.54, 1.807) is 7.11 Å². The van der Waals surface area contributed by atoms with Gasteiger partial charge in [0.25, 0.3) is 0 Å². The predicted octanol–water partition coefficient (Wildman–Crippen LogP) is 5.47. The molecule has 1 aliphatic rings.